The van der Waals surface area contributed by atoms with Crippen molar-refractivity contribution in [3.8, 4) is 5.95 Å². The molecule has 0 unspecified atom stereocenters. The number of alkyl halides is 2. The molecule has 2 aromatic heterocycles. The van der Waals surface area contributed by atoms with Crippen LogP contribution in [-0.4, -0.2) is 63.8 Å². The van der Waals surface area contributed by atoms with Crippen LogP contribution in [0.2, 0.25) is 0 Å². The zero-order chi connectivity index (χ0) is 19.9. The van der Waals surface area contributed by atoms with Crippen LogP contribution in [0.3, 0.4) is 0 Å². The second-order valence-electron chi connectivity index (χ2n) is 8.45. The quantitative estimate of drug-likeness (QED) is 0.785. The lowest BCUT2D eigenvalue weighted by molar-refractivity contribution is -0.0457. The predicted molar refractivity (Wildman–Crippen MR) is 104 cm³/mol. The van der Waals surface area contributed by atoms with E-state index in [9.17, 15) is 8.78 Å². The van der Waals surface area contributed by atoms with Crippen LogP contribution in [0, 0.1) is 12.8 Å². The minimum absolute atomic E-state index is 0.0164. The first kappa shape index (κ1) is 19.2. The molecule has 28 heavy (non-hydrogen) atoms. The number of aryl methyl sites for hydroxylation is 1. The highest BCUT2D eigenvalue weighted by Crippen LogP contribution is 2.37. The normalized spacial score (nSPS) is 20.6. The van der Waals surface area contributed by atoms with Crippen molar-refractivity contribution in [2.45, 2.75) is 51.0 Å². The fourth-order valence-electron chi connectivity index (χ4n) is 3.93. The molecule has 2 aromatic rings. The number of anilines is 1. The third-order valence-electron chi connectivity index (χ3n) is 5.93. The molecule has 0 aromatic carbocycles. The molecule has 1 aliphatic carbocycles. The zero-order valence-electron chi connectivity index (χ0n) is 16.8. The number of nitrogens with zero attached hydrogens (tertiary/aromatic N) is 6. The molecule has 6 nitrogen and oxygen atoms in total. The zero-order valence-corrected chi connectivity index (χ0v) is 16.8. The van der Waals surface area contributed by atoms with E-state index >= 15 is 0 Å². The van der Waals surface area contributed by atoms with Gasteiger partial charge in [0, 0.05) is 49.9 Å². The van der Waals surface area contributed by atoms with E-state index in [4.69, 9.17) is 9.97 Å². The van der Waals surface area contributed by atoms with Gasteiger partial charge in [0.1, 0.15) is 5.82 Å². The van der Waals surface area contributed by atoms with Gasteiger partial charge in [-0.1, -0.05) is 0 Å². The Morgan fingerprint density at radius 1 is 1.18 bits per heavy atom. The van der Waals surface area contributed by atoms with Crippen LogP contribution in [0.5, 0.6) is 0 Å². The Morgan fingerprint density at radius 3 is 2.50 bits per heavy atom. The summed E-state index contributed by atoms with van der Waals surface area (Å²) in [5, 5.41) is 4.44. The van der Waals surface area contributed by atoms with Gasteiger partial charge in [-0.15, -0.1) is 0 Å². The van der Waals surface area contributed by atoms with Crippen LogP contribution < -0.4 is 4.90 Å². The lowest BCUT2D eigenvalue weighted by atomic mass is 9.84. The average molecular weight is 390 g/mol. The largest absolute Gasteiger partial charge is 0.353 e. The van der Waals surface area contributed by atoms with Crippen LogP contribution in [0.15, 0.2) is 18.3 Å². The molecule has 2 aliphatic rings. The first-order valence-corrected chi connectivity index (χ1v) is 9.99. The van der Waals surface area contributed by atoms with Crippen molar-refractivity contribution in [2.75, 3.05) is 32.1 Å². The van der Waals surface area contributed by atoms with Crippen molar-refractivity contribution in [2.24, 2.45) is 5.92 Å². The third-order valence-corrected chi connectivity index (χ3v) is 5.93. The topological polar surface area (TPSA) is 50.1 Å². The number of halogens is 2. The Kier molecular flexibility index (Phi) is 5.07. The average Bonchev–Trinajstić information content (AvgIpc) is 3.02. The summed E-state index contributed by atoms with van der Waals surface area (Å²) >= 11 is 0. The SMILES string of the molecule is Cc1ccn(-c2nc(CC3CCC(F)(F)CC3)cc(N3CC(N(C)C)C3)n2)n1. The van der Waals surface area contributed by atoms with Gasteiger partial charge in [-0.2, -0.15) is 10.1 Å². The van der Waals surface area contributed by atoms with Gasteiger partial charge < -0.3 is 9.80 Å². The monoisotopic (exact) mass is 390 g/mol. The fraction of sp³-hybridized carbons (Fsp3) is 0.650. The molecule has 1 saturated heterocycles. The van der Waals surface area contributed by atoms with Gasteiger partial charge in [0.05, 0.1) is 5.69 Å². The second-order valence-corrected chi connectivity index (χ2v) is 8.45. The third kappa shape index (κ3) is 4.16. The van der Waals surface area contributed by atoms with E-state index in [0.717, 1.165) is 30.3 Å². The van der Waals surface area contributed by atoms with Gasteiger partial charge in [-0.3, -0.25) is 0 Å². The van der Waals surface area contributed by atoms with Crippen molar-refractivity contribution < 1.29 is 8.78 Å². The van der Waals surface area contributed by atoms with Crippen LogP contribution >= 0.6 is 0 Å². The van der Waals surface area contributed by atoms with Crippen molar-refractivity contribution in [3.63, 3.8) is 0 Å². The Hall–Kier alpha value is -2.09. The van der Waals surface area contributed by atoms with Gasteiger partial charge in [0.15, 0.2) is 0 Å². The summed E-state index contributed by atoms with van der Waals surface area (Å²) in [6.45, 7) is 3.79. The maximum absolute atomic E-state index is 13.5. The summed E-state index contributed by atoms with van der Waals surface area (Å²) in [5.74, 6) is -0.799. The summed E-state index contributed by atoms with van der Waals surface area (Å²) in [5.41, 5.74) is 1.82. The summed E-state index contributed by atoms with van der Waals surface area (Å²) in [6.07, 6.45) is 3.64. The minimum atomic E-state index is -2.50. The van der Waals surface area contributed by atoms with E-state index in [1.165, 1.54) is 0 Å². The molecule has 0 bridgehead atoms. The minimum Gasteiger partial charge on any atom is -0.353 e. The summed E-state index contributed by atoms with van der Waals surface area (Å²) in [7, 11) is 4.18. The summed E-state index contributed by atoms with van der Waals surface area (Å²) in [4.78, 5) is 13.9. The molecule has 8 heteroatoms. The summed E-state index contributed by atoms with van der Waals surface area (Å²) in [6, 6.07) is 4.47. The molecule has 4 rings (SSSR count). The van der Waals surface area contributed by atoms with Crippen molar-refractivity contribution >= 4 is 5.82 Å². The van der Waals surface area contributed by atoms with E-state index in [1.807, 2.05) is 25.3 Å². The Labute approximate surface area is 164 Å². The maximum atomic E-state index is 13.5. The van der Waals surface area contributed by atoms with Crippen LogP contribution in [0.4, 0.5) is 14.6 Å². The van der Waals surface area contributed by atoms with Gasteiger partial charge in [-0.05, 0) is 52.3 Å². The first-order chi connectivity index (χ1) is 13.3. The highest BCUT2D eigenvalue weighted by molar-refractivity contribution is 5.45. The van der Waals surface area contributed by atoms with E-state index in [2.05, 4.69) is 29.0 Å². The lowest BCUT2D eigenvalue weighted by Gasteiger charge is -2.43. The van der Waals surface area contributed by atoms with Crippen molar-refractivity contribution in [1.82, 2.24) is 24.6 Å². The first-order valence-electron chi connectivity index (χ1n) is 9.99. The molecule has 2 fully saturated rings. The molecule has 0 spiro atoms. The molecule has 1 aliphatic heterocycles. The van der Waals surface area contributed by atoms with Crippen molar-refractivity contribution in [1.29, 1.82) is 0 Å². The predicted octanol–water partition coefficient (Wildman–Crippen LogP) is 3.09. The van der Waals surface area contributed by atoms with Crippen LogP contribution in [0.1, 0.15) is 37.1 Å². The number of aromatic nitrogens is 4. The van der Waals surface area contributed by atoms with Gasteiger partial charge in [0.2, 0.25) is 5.92 Å². The second kappa shape index (κ2) is 7.39. The molecule has 0 N–H and O–H groups in total. The highest BCUT2D eigenvalue weighted by Gasteiger charge is 2.35. The molecule has 1 saturated carbocycles. The highest BCUT2D eigenvalue weighted by atomic mass is 19.3. The number of rotatable bonds is 5. The van der Waals surface area contributed by atoms with E-state index in [1.54, 1.807) is 4.68 Å². The Balaban J connectivity index is 1.56. The standard InChI is InChI=1S/C20H28F2N6/c1-14-6-9-28(25-14)19-23-16(10-15-4-7-20(21,22)8-5-15)11-18(24-19)27-12-17(13-27)26(2)3/h6,9,11,15,17H,4-5,7-8,10,12-13H2,1-3H3. The number of hydrogen-bond acceptors (Lipinski definition) is 5. The van der Waals surface area contributed by atoms with Gasteiger partial charge in [0.25, 0.3) is 5.95 Å². The van der Waals surface area contributed by atoms with Gasteiger partial charge in [-0.25, -0.2) is 18.4 Å². The van der Waals surface area contributed by atoms with Crippen LogP contribution in [-0.2, 0) is 6.42 Å². The van der Waals surface area contributed by atoms with E-state index in [-0.39, 0.29) is 18.8 Å². The Bertz CT molecular complexity index is 818. The molecule has 0 radical (unpaired) electrons. The number of likely N-dealkylation sites (N-methyl/N-ethyl adjacent to an activating group) is 1. The molecular formula is C20H28F2N6. The smallest absolute Gasteiger partial charge is 0.252 e. The van der Waals surface area contributed by atoms with Gasteiger partial charge >= 0.3 is 0 Å². The fourth-order valence-corrected chi connectivity index (χ4v) is 3.93. The molecule has 3 heterocycles. The number of hydrogen-bond donors (Lipinski definition) is 0. The molecular weight excluding hydrogens is 362 g/mol. The maximum Gasteiger partial charge on any atom is 0.252 e. The van der Waals surface area contributed by atoms with Crippen LogP contribution in [0.25, 0.3) is 5.95 Å². The lowest BCUT2D eigenvalue weighted by Crippen LogP contribution is -2.57. The Morgan fingerprint density at radius 2 is 1.89 bits per heavy atom. The summed E-state index contributed by atoms with van der Waals surface area (Å²) < 4.78 is 28.7. The van der Waals surface area contributed by atoms with E-state index < -0.39 is 5.92 Å². The van der Waals surface area contributed by atoms with Crippen molar-refractivity contribution in [3.05, 3.63) is 29.7 Å². The molecule has 152 valence electrons. The molecule has 0 atom stereocenters. The molecule has 0 amide bonds. The van der Waals surface area contributed by atoms with E-state index in [0.29, 0.717) is 31.3 Å².